The Bertz CT molecular complexity index is 1190. The zero-order valence-corrected chi connectivity index (χ0v) is 18.6. The molecule has 3 aromatic rings. The van der Waals surface area contributed by atoms with Gasteiger partial charge in [-0.1, -0.05) is 30.7 Å². The summed E-state index contributed by atoms with van der Waals surface area (Å²) in [6.45, 7) is 0.0504. The maximum Gasteiger partial charge on any atom is 0.281 e. The van der Waals surface area contributed by atoms with Crippen LogP contribution in [0.15, 0.2) is 54.0 Å². The number of hydrogen-bond acceptors (Lipinski definition) is 6. The van der Waals surface area contributed by atoms with E-state index < -0.39 is 11.3 Å². The van der Waals surface area contributed by atoms with E-state index in [1.54, 1.807) is 26.5 Å². The van der Waals surface area contributed by atoms with E-state index >= 15 is 0 Å². The fourth-order valence-electron chi connectivity index (χ4n) is 3.81. The van der Waals surface area contributed by atoms with Crippen molar-refractivity contribution in [1.29, 1.82) is 0 Å². The van der Waals surface area contributed by atoms with Crippen LogP contribution in [-0.2, 0) is 16.8 Å². The first-order chi connectivity index (χ1) is 15.8. The molecule has 1 aromatic carbocycles. The monoisotopic (exact) mass is 446 g/mol. The highest BCUT2D eigenvalue weighted by Gasteiger charge is 2.42. The molecule has 2 heterocycles. The third kappa shape index (κ3) is 4.45. The third-order valence-electron chi connectivity index (χ3n) is 6.04. The molecular weight excluding hydrogens is 420 g/mol. The fourth-order valence-corrected chi connectivity index (χ4v) is 3.81. The number of rotatable bonds is 6. The lowest BCUT2D eigenvalue weighted by Crippen LogP contribution is -2.47. The lowest BCUT2D eigenvalue weighted by molar-refractivity contribution is -0.129. The highest BCUT2D eigenvalue weighted by Crippen LogP contribution is 2.44. The average molecular weight is 447 g/mol. The van der Waals surface area contributed by atoms with Crippen molar-refractivity contribution < 1.29 is 9.59 Å². The van der Waals surface area contributed by atoms with Gasteiger partial charge in [-0.2, -0.15) is 10.1 Å². The minimum atomic E-state index is -0.474. The number of carbonyl (C=O) groups excluding carboxylic acids is 2. The molecule has 0 radical (unpaired) electrons. The van der Waals surface area contributed by atoms with Gasteiger partial charge in [0.15, 0.2) is 0 Å². The number of nitrogens with two attached hydrogens (primary N) is 2. The Morgan fingerprint density at radius 1 is 1.09 bits per heavy atom. The number of hydrogen-bond donors (Lipinski definition) is 2. The van der Waals surface area contributed by atoms with Gasteiger partial charge in [-0.15, -0.1) is 0 Å². The summed E-state index contributed by atoms with van der Waals surface area (Å²) < 4.78 is 1.42. The van der Waals surface area contributed by atoms with Gasteiger partial charge in [0.1, 0.15) is 12.4 Å². The Balaban J connectivity index is 1.53. The molecule has 1 fully saturated rings. The van der Waals surface area contributed by atoms with Gasteiger partial charge in [0.25, 0.3) is 5.91 Å². The molecule has 10 heteroatoms. The number of carbonyl (C=O) groups is 2. The van der Waals surface area contributed by atoms with E-state index in [0.29, 0.717) is 5.84 Å². The standard InChI is InChI=1S/C23H26N8O2/c1-30(2)19(32)14-31-13-17(12-28-31)20(33)29-21(24)23(8-3-9-23)18-6-4-15(5-7-18)16-10-26-22(25)27-11-16/h4-7,10-13H,3,8-9,14H2,1-2H3,(H2,24,29,33)(H2,25,26,27). The van der Waals surface area contributed by atoms with Crippen LogP contribution in [0.5, 0.6) is 0 Å². The molecule has 0 bridgehead atoms. The van der Waals surface area contributed by atoms with Crippen molar-refractivity contribution in [1.82, 2.24) is 24.6 Å². The van der Waals surface area contributed by atoms with Crippen molar-refractivity contribution >= 4 is 23.6 Å². The van der Waals surface area contributed by atoms with Crippen molar-refractivity contribution in [2.24, 2.45) is 10.7 Å². The number of amidine groups is 1. The van der Waals surface area contributed by atoms with E-state index in [0.717, 1.165) is 36.0 Å². The summed E-state index contributed by atoms with van der Waals surface area (Å²) >= 11 is 0. The predicted octanol–water partition coefficient (Wildman–Crippen LogP) is 1.63. The lowest BCUT2D eigenvalue weighted by atomic mass is 9.63. The molecule has 1 aliphatic rings. The van der Waals surface area contributed by atoms with Crippen LogP contribution in [0.4, 0.5) is 5.95 Å². The van der Waals surface area contributed by atoms with Crippen LogP contribution in [0.25, 0.3) is 11.1 Å². The zero-order valence-electron chi connectivity index (χ0n) is 18.6. The maximum absolute atomic E-state index is 12.7. The summed E-state index contributed by atoms with van der Waals surface area (Å²) in [5, 5.41) is 4.09. The average Bonchev–Trinajstić information content (AvgIpc) is 3.22. The lowest BCUT2D eigenvalue weighted by Gasteiger charge is -2.41. The number of anilines is 1. The minimum absolute atomic E-state index is 0.0504. The Morgan fingerprint density at radius 3 is 2.33 bits per heavy atom. The molecule has 170 valence electrons. The molecule has 0 unspecified atom stereocenters. The zero-order chi connectivity index (χ0) is 23.6. The summed E-state index contributed by atoms with van der Waals surface area (Å²) in [6.07, 6.45) is 8.90. The largest absolute Gasteiger partial charge is 0.386 e. The number of nitrogens with zero attached hydrogens (tertiary/aromatic N) is 6. The first-order valence-corrected chi connectivity index (χ1v) is 10.6. The Morgan fingerprint density at radius 2 is 1.76 bits per heavy atom. The van der Waals surface area contributed by atoms with Crippen LogP contribution in [0, 0.1) is 0 Å². The summed E-state index contributed by atoms with van der Waals surface area (Å²) in [6, 6.07) is 7.96. The second-order valence-corrected chi connectivity index (χ2v) is 8.36. The first kappa shape index (κ1) is 22.1. The Hall–Kier alpha value is -4.08. The summed E-state index contributed by atoms with van der Waals surface area (Å²) in [7, 11) is 3.33. The molecule has 4 N–H and O–H groups in total. The molecule has 0 saturated heterocycles. The molecule has 1 aliphatic carbocycles. The van der Waals surface area contributed by atoms with E-state index in [9.17, 15) is 9.59 Å². The first-order valence-electron chi connectivity index (χ1n) is 10.6. The maximum atomic E-state index is 12.7. The van der Waals surface area contributed by atoms with Crippen LogP contribution in [0.2, 0.25) is 0 Å². The van der Waals surface area contributed by atoms with Gasteiger partial charge in [-0.25, -0.2) is 9.97 Å². The van der Waals surface area contributed by atoms with Gasteiger partial charge >= 0.3 is 0 Å². The van der Waals surface area contributed by atoms with Crippen molar-refractivity contribution in [3.63, 3.8) is 0 Å². The molecule has 4 rings (SSSR count). The van der Waals surface area contributed by atoms with Crippen LogP contribution < -0.4 is 11.5 Å². The van der Waals surface area contributed by atoms with E-state index in [2.05, 4.69) is 20.1 Å². The highest BCUT2D eigenvalue weighted by atomic mass is 16.2. The SMILES string of the molecule is CN(C)C(=O)Cn1cc(C(=O)N=C(N)C2(c3ccc(-c4cnc(N)nc4)cc3)CCC2)cn1. The van der Waals surface area contributed by atoms with Crippen molar-refractivity contribution in [2.45, 2.75) is 31.2 Å². The Labute approximate surface area is 191 Å². The van der Waals surface area contributed by atoms with Crippen LogP contribution in [0.3, 0.4) is 0 Å². The van der Waals surface area contributed by atoms with Crippen molar-refractivity contribution in [3.05, 3.63) is 60.2 Å². The normalized spacial score (nSPS) is 15.0. The van der Waals surface area contributed by atoms with E-state index in [-0.39, 0.29) is 24.0 Å². The predicted molar refractivity (Wildman–Crippen MR) is 124 cm³/mol. The number of aromatic nitrogens is 4. The number of likely N-dealkylation sites (N-methyl/N-ethyl adjacent to an activating group) is 1. The fraction of sp³-hybridized carbons (Fsp3) is 0.304. The smallest absolute Gasteiger partial charge is 0.281 e. The van der Waals surface area contributed by atoms with Gasteiger partial charge < -0.3 is 16.4 Å². The molecular formula is C23H26N8O2. The second-order valence-electron chi connectivity index (χ2n) is 8.36. The minimum Gasteiger partial charge on any atom is -0.386 e. The van der Waals surface area contributed by atoms with Gasteiger partial charge in [-0.3, -0.25) is 14.3 Å². The van der Waals surface area contributed by atoms with Gasteiger partial charge in [0.05, 0.1) is 17.2 Å². The topological polar surface area (TPSA) is 145 Å². The highest BCUT2D eigenvalue weighted by molar-refractivity contribution is 6.06. The summed E-state index contributed by atoms with van der Waals surface area (Å²) in [5.41, 5.74) is 14.6. The molecule has 2 aromatic heterocycles. The molecule has 33 heavy (non-hydrogen) atoms. The van der Waals surface area contributed by atoms with Crippen LogP contribution in [-0.4, -0.2) is 56.4 Å². The van der Waals surface area contributed by atoms with E-state index in [1.807, 2.05) is 24.3 Å². The quantitative estimate of drug-likeness (QED) is 0.432. The third-order valence-corrected chi connectivity index (χ3v) is 6.04. The molecule has 2 amide bonds. The van der Waals surface area contributed by atoms with Crippen molar-refractivity contribution in [2.75, 3.05) is 19.8 Å². The summed E-state index contributed by atoms with van der Waals surface area (Å²) in [4.78, 5) is 38.3. The number of benzene rings is 1. The van der Waals surface area contributed by atoms with E-state index in [1.165, 1.54) is 22.0 Å². The summed E-state index contributed by atoms with van der Waals surface area (Å²) in [5.74, 6) is -0.0767. The van der Waals surface area contributed by atoms with Crippen LogP contribution in [0.1, 0.15) is 35.2 Å². The molecule has 0 aliphatic heterocycles. The second kappa shape index (κ2) is 8.81. The number of amides is 2. The van der Waals surface area contributed by atoms with Crippen molar-refractivity contribution in [3.8, 4) is 11.1 Å². The van der Waals surface area contributed by atoms with Gasteiger partial charge in [-0.05, 0) is 24.0 Å². The van der Waals surface area contributed by atoms with Gasteiger partial charge in [0.2, 0.25) is 11.9 Å². The molecule has 10 nitrogen and oxygen atoms in total. The molecule has 0 atom stereocenters. The molecule has 0 spiro atoms. The van der Waals surface area contributed by atoms with Crippen LogP contribution >= 0.6 is 0 Å². The molecule has 1 saturated carbocycles. The number of aliphatic imine (C=N–C) groups is 1. The Kier molecular flexibility index (Phi) is 5.91. The van der Waals surface area contributed by atoms with Gasteiger partial charge in [0, 0.05) is 38.2 Å². The number of nitrogen functional groups attached to an aromatic ring is 1. The van der Waals surface area contributed by atoms with E-state index in [4.69, 9.17) is 11.5 Å².